The molecule has 32 heavy (non-hydrogen) atoms. The van der Waals surface area contributed by atoms with Crippen LogP contribution in [0.3, 0.4) is 0 Å². The van der Waals surface area contributed by atoms with E-state index in [-0.39, 0.29) is 41.8 Å². The molecule has 0 unspecified atom stereocenters. The van der Waals surface area contributed by atoms with Gasteiger partial charge in [-0.15, -0.1) is 37.1 Å². The molecule has 2 heterocycles. The molecule has 0 aromatic heterocycles. The summed E-state index contributed by atoms with van der Waals surface area (Å²) in [5.74, 6) is 0.384. The zero-order valence-corrected chi connectivity index (χ0v) is 21.2. The Morgan fingerprint density at radius 2 is 1.72 bits per heavy atom. The molecule has 3 rings (SSSR count). The van der Waals surface area contributed by atoms with Gasteiger partial charge in [0, 0.05) is 31.2 Å². The molecule has 2 aliphatic heterocycles. The van der Waals surface area contributed by atoms with E-state index in [0.29, 0.717) is 11.5 Å². The van der Waals surface area contributed by atoms with E-state index >= 15 is 0 Å². The summed E-state index contributed by atoms with van der Waals surface area (Å²) in [5, 5.41) is 6.59. The standard InChI is InChI=1S/C22H34F3N5O.HI/c1-26-20(27-16-18-8-4-5-9-19(18)31-22(23,24)25)28-17-21(10-14-29(2)15-11-21)30-12-6-3-7-13-30;/h4-5,8-9H,3,6-7,10-17H2,1-2H3,(H2,26,27,28);1H. The zero-order valence-electron chi connectivity index (χ0n) is 18.9. The van der Waals surface area contributed by atoms with Gasteiger partial charge in [-0.05, 0) is 65.0 Å². The lowest BCUT2D eigenvalue weighted by atomic mass is 9.84. The summed E-state index contributed by atoms with van der Waals surface area (Å²) in [4.78, 5) is 9.29. The number of nitrogens with zero attached hydrogens (tertiary/aromatic N) is 3. The monoisotopic (exact) mass is 569 g/mol. The van der Waals surface area contributed by atoms with Crippen LogP contribution < -0.4 is 15.4 Å². The predicted molar refractivity (Wildman–Crippen MR) is 132 cm³/mol. The third kappa shape index (κ3) is 7.65. The van der Waals surface area contributed by atoms with Crippen molar-refractivity contribution in [3.05, 3.63) is 29.8 Å². The Morgan fingerprint density at radius 1 is 1.06 bits per heavy atom. The van der Waals surface area contributed by atoms with E-state index in [1.807, 2.05) is 0 Å². The highest BCUT2D eigenvalue weighted by atomic mass is 127. The van der Waals surface area contributed by atoms with Gasteiger partial charge in [-0.1, -0.05) is 24.6 Å². The van der Waals surface area contributed by atoms with Crippen molar-refractivity contribution in [3.8, 4) is 5.75 Å². The number of guanidine groups is 1. The molecule has 1 aromatic rings. The van der Waals surface area contributed by atoms with Crippen LogP contribution in [0, 0.1) is 0 Å². The molecule has 0 saturated carbocycles. The SMILES string of the molecule is CN=C(NCc1ccccc1OC(F)(F)F)NCC1(N2CCCCC2)CCN(C)CC1.I. The van der Waals surface area contributed by atoms with Crippen LogP contribution >= 0.6 is 24.0 Å². The third-order valence-electron chi connectivity index (χ3n) is 6.40. The minimum Gasteiger partial charge on any atom is -0.405 e. The van der Waals surface area contributed by atoms with Gasteiger partial charge in [0.2, 0.25) is 0 Å². The van der Waals surface area contributed by atoms with E-state index < -0.39 is 6.36 Å². The fourth-order valence-electron chi connectivity index (χ4n) is 4.53. The first kappa shape index (κ1) is 27.0. The fraction of sp³-hybridized carbons (Fsp3) is 0.682. The smallest absolute Gasteiger partial charge is 0.405 e. The highest BCUT2D eigenvalue weighted by Gasteiger charge is 2.39. The average Bonchev–Trinajstić information content (AvgIpc) is 2.76. The van der Waals surface area contributed by atoms with Crippen LogP contribution in [0.15, 0.2) is 29.3 Å². The minimum atomic E-state index is -4.72. The number of aliphatic imine (C=N–C) groups is 1. The van der Waals surface area contributed by atoms with Crippen molar-refractivity contribution in [2.75, 3.05) is 46.8 Å². The van der Waals surface area contributed by atoms with Crippen molar-refractivity contribution in [3.63, 3.8) is 0 Å². The van der Waals surface area contributed by atoms with E-state index in [1.165, 1.54) is 31.4 Å². The maximum atomic E-state index is 12.7. The minimum absolute atomic E-state index is 0. The molecule has 0 spiro atoms. The molecule has 2 N–H and O–H groups in total. The number of ether oxygens (including phenoxy) is 1. The first-order valence-corrected chi connectivity index (χ1v) is 11.0. The normalized spacial score (nSPS) is 20.3. The Balaban J connectivity index is 0.00000363. The van der Waals surface area contributed by atoms with Gasteiger partial charge in [-0.2, -0.15) is 0 Å². The third-order valence-corrected chi connectivity index (χ3v) is 6.40. The van der Waals surface area contributed by atoms with Crippen molar-refractivity contribution in [1.29, 1.82) is 0 Å². The van der Waals surface area contributed by atoms with Crippen molar-refractivity contribution in [1.82, 2.24) is 20.4 Å². The van der Waals surface area contributed by atoms with E-state index in [4.69, 9.17) is 0 Å². The van der Waals surface area contributed by atoms with Crippen LogP contribution in [0.5, 0.6) is 5.75 Å². The Bertz CT molecular complexity index is 733. The largest absolute Gasteiger partial charge is 0.573 e. The molecule has 182 valence electrons. The number of rotatable bonds is 6. The molecule has 1 aromatic carbocycles. The van der Waals surface area contributed by atoms with Crippen LogP contribution in [0.4, 0.5) is 13.2 Å². The number of benzene rings is 1. The second-order valence-corrected chi connectivity index (χ2v) is 8.51. The summed E-state index contributed by atoms with van der Waals surface area (Å²) in [6.07, 6.45) is 1.24. The summed E-state index contributed by atoms with van der Waals surface area (Å²) in [6.45, 7) is 5.32. The van der Waals surface area contributed by atoms with Gasteiger partial charge < -0.3 is 20.3 Å². The molecule has 10 heteroatoms. The summed E-state index contributed by atoms with van der Waals surface area (Å²) >= 11 is 0. The molecule has 6 nitrogen and oxygen atoms in total. The second-order valence-electron chi connectivity index (χ2n) is 8.51. The molecule has 0 bridgehead atoms. The maximum Gasteiger partial charge on any atom is 0.573 e. The first-order chi connectivity index (χ1) is 14.8. The quantitative estimate of drug-likeness (QED) is 0.310. The lowest BCUT2D eigenvalue weighted by Crippen LogP contribution is -2.62. The highest BCUT2D eigenvalue weighted by molar-refractivity contribution is 14.0. The number of hydrogen-bond acceptors (Lipinski definition) is 4. The van der Waals surface area contributed by atoms with E-state index in [0.717, 1.165) is 45.6 Å². The van der Waals surface area contributed by atoms with Gasteiger partial charge in [0.25, 0.3) is 0 Å². The summed E-state index contributed by atoms with van der Waals surface area (Å²) in [7, 11) is 3.84. The molecular weight excluding hydrogens is 534 g/mol. The van der Waals surface area contributed by atoms with Gasteiger partial charge in [0.15, 0.2) is 5.96 Å². The van der Waals surface area contributed by atoms with Crippen LogP contribution in [0.25, 0.3) is 0 Å². The molecule has 0 amide bonds. The topological polar surface area (TPSA) is 52.1 Å². The zero-order chi connectivity index (χ0) is 22.3. The number of halogens is 4. The highest BCUT2D eigenvalue weighted by Crippen LogP contribution is 2.31. The first-order valence-electron chi connectivity index (χ1n) is 11.0. The molecule has 0 atom stereocenters. The van der Waals surface area contributed by atoms with Gasteiger partial charge in [-0.25, -0.2) is 0 Å². The van der Waals surface area contributed by atoms with E-state index in [1.54, 1.807) is 19.2 Å². The van der Waals surface area contributed by atoms with Gasteiger partial charge in [0.1, 0.15) is 5.75 Å². The summed E-state index contributed by atoms with van der Waals surface area (Å²) < 4.78 is 42.2. The van der Waals surface area contributed by atoms with Gasteiger partial charge in [0.05, 0.1) is 0 Å². The van der Waals surface area contributed by atoms with Crippen molar-refractivity contribution < 1.29 is 17.9 Å². The number of nitrogens with one attached hydrogen (secondary N) is 2. The van der Waals surface area contributed by atoms with Gasteiger partial charge >= 0.3 is 6.36 Å². The van der Waals surface area contributed by atoms with Crippen LogP contribution in [-0.4, -0.2) is 74.5 Å². The van der Waals surface area contributed by atoms with Crippen molar-refractivity contribution in [2.45, 2.75) is 50.6 Å². The Hall–Kier alpha value is -1.27. The average molecular weight is 569 g/mol. The van der Waals surface area contributed by atoms with Crippen molar-refractivity contribution in [2.24, 2.45) is 4.99 Å². The molecule has 0 radical (unpaired) electrons. The Labute approximate surface area is 206 Å². The lowest BCUT2D eigenvalue weighted by molar-refractivity contribution is -0.274. The predicted octanol–water partition coefficient (Wildman–Crippen LogP) is 3.82. The maximum absolute atomic E-state index is 12.7. The van der Waals surface area contributed by atoms with Crippen LogP contribution in [0.2, 0.25) is 0 Å². The molecule has 2 aliphatic rings. The molecule has 2 fully saturated rings. The number of likely N-dealkylation sites (tertiary alicyclic amines) is 2. The number of hydrogen-bond donors (Lipinski definition) is 2. The van der Waals surface area contributed by atoms with Crippen LogP contribution in [-0.2, 0) is 6.54 Å². The van der Waals surface area contributed by atoms with E-state index in [9.17, 15) is 13.2 Å². The number of para-hydroxylation sites is 1. The number of alkyl halides is 3. The molecular formula is C22H35F3IN5O. The Kier molecular flexibility index (Phi) is 10.3. The van der Waals surface area contributed by atoms with E-state index in [2.05, 4.69) is 37.2 Å². The second kappa shape index (κ2) is 12.3. The summed E-state index contributed by atoms with van der Waals surface area (Å²) in [5.41, 5.74) is 0.509. The van der Waals surface area contributed by atoms with Crippen LogP contribution in [0.1, 0.15) is 37.7 Å². The van der Waals surface area contributed by atoms with Gasteiger partial charge in [-0.3, -0.25) is 9.89 Å². The summed E-state index contributed by atoms with van der Waals surface area (Å²) in [6, 6.07) is 6.17. The molecule has 0 aliphatic carbocycles. The van der Waals surface area contributed by atoms with Crippen molar-refractivity contribution >= 4 is 29.9 Å². The molecule has 2 saturated heterocycles. The number of piperidine rings is 2. The lowest BCUT2D eigenvalue weighted by Gasteiger charge is -2.50. The fourth-order valence-corrected chi connectivity index (χ4v) is 4.53. The Morgan fingerprint density at radius 3 is 2.34 bits per heavy atom.